The van der Waals surface area contributed by atoms with Crippen molar-refractivity contribution in [3.8, 4) is 0 Å². The molecule has 0 aliphatic carbocycles. The maximum atomic E-state index is 10.6. The first-order chi connectivity index (χ1) is 7.19. The Morgan fingerprint density at radius 3 is 2.67 bits per heavy atom. The molecule has 1 aromatic heterocycles. The number of nitrogens with zero attached hydrogens (tertiary/aromatic N) is 2. The number of hydrogen-bond donors (Lipinski definition) is 0. The number of aldehydes is 1. The summed E-state index contributed by atoms with van der Waals surface area (Å²) >= 11 is 1.49. The van der Waals surface area contributed by atoms with Gasteiger partial charge in [0, 0.05) is 13.1 Å². The van der Waals surface area contributed by atoms with Crippen LogP contribution in [0.5, 0.6) is 0 Å². The van der Waals surface area contributed by atoms with Gasteiger partial charge in [0.15, 0.2) is 11.4 Å². The summed E-state index contributed by atoms with van der Waals surface area (Å²) in [7, 11) is 0. The SMILES string of the molecule is CC1CC(C)CN(c2ncc(C=O)s2)C1. The summed E-state index contributed by atoms with van der Waals surface area (Å²) in [6.07, 6.45) is 3.83. The summed E-state index contributed by atoms with van der Waals surface area (Å²) in [5.74, 6) is 1.44. The van der Waals surface area contributed by atoms with Crippen LogP contribution in [0.2, 0.25) is 0 Å². The van der Waals surface area contributed by atoms with Gasteiger partial charge in [0.05, 0.1) is 11.1 Å². The molecule has 2 heterocycles. The molecule has 0 radical (unpaired) electrons. The van der Waals surface area contributed by atoms with E-state index in [9.17, 15) is 4.79 Å². The first kappa shape index (κ1) is 10.6. The zero-order chi connectivity index (χ0) is 10.8. The van der Waals surface area contributed by atoms with Gasteiger partial charge in [-0.2, -0.15) is 0 Å². The summed E-state index contributed by atoms with van der Waals surface area (Å²) in [5, 5.41) is 0.996. The van der Waals surface area contributed by atoms with Crippen molar-refractivity contribution < 1.29 is 4.79 Å². The van der Waals surface area contributed by atoms with Gasteiger partial charge in [-0.05, 0) is 18.3 Å². The lowest BCUT2D eigenvalue weighted by molar-refractivity contribution is 0.112. The highest BCUT2D eigenvalue weighted by molar-refractivity contribution is 7.17. The predicted octanol–water partition coefficient (Wildman–Crippen LogP) is 2.44. The summed E-state index contributed by atoms with van der Waals surface area (Å²) in [6.45, 7) is 6.68. The molecule has 0 N–H and O–H groups in total. The summed E-state index contributed by atoms with van der Waals surface area (Å²) in [5.41, 5.74) is 0. The van der Waals surface area contributed by atoms with Gasteiger partial charge in [-0.25, -0.2) is 4.98 Å². The van der Waals surface area contributed by atoms with Gasteiger partial charge < -0.3 is 4.90 Å². The van der Waals surface area contributed by atoms with E-state index in [1.165, 1.54) is 17.8 Å². The minimum Gasteiger partial charge on any atom is -0.348 e. The molecular formula is C11H16N2OS. The number of hydrogen-bond acceptors (Lipinski definition) is 4. The van der Waals surface area contributed by atoms with E-state index >= 15 is 0 Å². The van der Waals surface area contributed by atoms with Crippen molar-refractivity contribution in [2.75, 3.05) is 18.0 Å². The molecule has 2 rings (SSSR count). The van der Waals surface area contributed by atoms with E-state index in [-0.39, 0.29) is 0 Å². The molecule has 0 bridgehead atoms. The maximum absolute atomic E-state index is 10.6. The molecule has 2 atom stereocenters. The fourth-order valence-corrected chi connectivity index (χ4v) is 3.04. The number of carbonyl (C=O) groups is 1. The van der Waals surface area contributed by atoms with E-state index in [2.05, 4.69) is 23.7 Å². The molecule has 0 aromatic carbocycles. The molecule has 0 amide bonds. The van der Waals surface area contributed by atoms with Crippen LogP contribution in [0.25, 0.3) is 0 Å². The van der Waals surface area contributed by atoms with Gasteiger partial charge in [-0.3, -0.25) is 4.79 Å². The van der Waals surface area contributed by atoms with E-state index in [0.29, 0.717) is 0 Å². The largest absolute Gasteiger partial charge is 0.348 e. The lowest BCUT2D eigenvalue weighted by Gasteiger charge is -2.34. The number of thiazole rings is 1. The van der Waals surface area contributed by atoms with Gasteiger partial charge in [0.25, 0.3) is 0 Å². The molecule has 1 saturated heterocycles. The average molecular weight is 224 g/mol. The highest BCUT2D eigenvalue weighted by Gasteiger charge is 2.23. The third-order valence-corrected chi connectivity index (χ3v) is 3.75. The second kappa shape index (κ2) is 4.31. The van der Waals surface area contributed by atoms with Crippen LogP contribution in [0.3, 0.4) is 0 Å². The van der Waals surface area contributed by atoms with Crippen molar-refractivity contribution in [1.82, 2.24) is 4.98 Å². The smallest absolute Gasteiger partial charge is 0.185 e. The molecule has 0 spiro atoms. The molecule has 1 aromatic rings. The van der Waals surface area contributed by atoms with Crippen molar-refractivity contribution >= 4 is 22.8 Å². The second-order valence-corrected chi connectivity index (χ2v) is 5.55. The van der Waals surface area contributed by atoms with Crippen LogP contribution in [-0.4, -0.2) is 24.4 Å². The third kappa shape index (κ3) is 2.37. The zero-order valence-electron chi connectivity index (χ0n) is 9.14. The Bertz CT molecular complexity index is 340. The Balaban J connectivity index is 2.12. The average Bonchev–Trinajstić information content (AvgIpc) is 2.64. The predicted molar refractivity (Wildman–Crippen MR) is 62.7 cm³/mol. The van der Waals surface area contributed by atoms with Crippen LogP contribution in [0.15, 0.2) is 6.20 Å². The Labute approximate surface area is 94.1 Å². The number of piperidine rings is 1. The van der Waals surface area contributed by atoms with Gasteiger partial charge >= 0.3 is 0 Å². The third-order valence-electron chi connectivity index (χ3n) is 2.77. The number of rotatable bonds is 2. The maximum Gasteiger partial charge on any atom is 0.185 e. The molecular weight excluding hydrogens is 208 g/mol. The lowest BCUT2D eigenvalue weighted by Crippen LogP contribution is -2.38. The Morgan fingerprint density at radius 2 is 2.13 bits per heavy atom. The molecule has 4 heteroatoms. The lowest BCUT2D eigenvalue weighted by atomic mass is 9.92. The van der Waals surface area contributed by atoms with Crippen LogP contribution in [0, 0.1) is 11.8 Å². The van der Waals surface area contributed by atoms with Gasteiger partial charge in [0.1, 0.15) is 0 Å². The quantitative estimate of drug-likeness (QED) is 0.723. The number of anilines is 1. The Hall–Kier alpha value is -0.900. The minimum atomic E-state index is 0.718. The molecule has 82 valence electrons. The fourth-order valence-electron chi connectivity index (χ4n) is 2.30. The van der Waals surface area contributed by atoms with E-state index < -0.39 is 0 Å². The highest BCUT2D eigenvalue weighted by Crippen LogP contribution is 2.28. The van der Waals surface area contributed by atoms with Crippen molar-refractivity contribution in [3.05, 3.63) is 11.1 Å². The van der Waals surface area contributed by atoms with Crippen molar-refractivity contribution in [1.29, 1.82) is 0 Å². The highest BCUT2D eigenvalue weighted by atomic mass is 32.1. The summed E-state index contributed by atoms with van der Waals surface area (Å²) < 4.78 is 0. The van der Waals surface area contributed by atoms with Crippen molar-refractivity contribution in [3.63, 3.8) is 0 Å². The molecule has 0 saturated carbocycles. The number of aromatic nitrogens is 1. The van der Waals surface area contributed by atoms with Gasteiger partial charge in [-0.15, -0.1) is 0 Å². The summed E-state index contributed by atoms with van der Waals surface area (Å²) in [4.78, 5) is 17.9. The monoisotopic (exact) mass is 224 g/mol. The fraction of sp³-hybridized carbons (Fsp3) is 0.636. The van der Waals surface area contributed by atoms with E-state index in [1.54, 1.807) is 6.20 Å². The molecule has 15 heavy (non-hydrogen) atoms. The normalized spacial score (nSPS) is 26.7. The van der Waals surface area contributed by atoms with E-state index in [0.717, 1.165) is 41.2 Å². The Kier molecular flexibility index (Phi) is 3.05. The standard InChI is InChI=1S/C11H16N2OS/c1-8-3-9(2)6-13(5-8)11-12-4-10(7-14)15-11/h4,7-9H,3,5-6H2,1-2H3. The summed E-state index contributed by atoms with van der Waals surface area (Å²) in [6, 6.07) is 0. The topological polar surface area (TPSA) is 33.2 Å². The molecule has 3 nitrogen and oxygen atoms in total. The van der Waals surface area contributed by atoms with E-state index in [1.807, 2.05) is 0 Å². The first-order valence-electron chi connectivity index (χ1n) is 5.35. The second-order valence-electron chi connectivity index (χ2n) is 4.51. The molecule has 2 unspecified atom stereocenters. The molecule has 1 aliphatic rings. The molecule has 1 aliphatic heterocycles. The van der Waals surface area contributed by atoms with Crippen LogP contribution >= 0.6 is 11.3 Å². The van der Waals surface area contributed by atoms with Gasteiger partial charge in [-0.1, -0.05) is 25.2 Å². The molecule has 1 fully saturated rings. The van der Waals surface area contributed by atoms with Crippen LogP contribution in [0.1, 0.15) is 29.9 Å². The Morgan fingerprint density at radius 1 is 1.47 bits per heavy atom. The van der Waals surface area contributed by atoms with Crippen LogP contribution in [0.4, 0.5) is 5.13 Å². The van der Waals surface area contributed by atoms with Crippen molar-refractivity contribution in [2.45, 2.75) is 20.3 Å². The first-order valence-corrected chi connectivity index (χ1v) is 6.16. The van der Waals surface area contributed by atoms with Crippen molar-refractivity contribution in [2.24, 2.45) is 11.8 Å². The minimum absolute atomic E-state index is 0.718. The number of carbonyl (C=O) groups excluding carboxylic acids is 1. The van der Waals surface area contributed by atoms with E-state index in [4.69, 9.17) is 0 Å². The van der Waals surface area contributed by atoms with Crippen LogP contribution < -0.4 is 4.90 Å². The van der Waals surface area contributed by atoms with Gasteiger partial charge in [0.2, 0.25) is 0 Å². The zero-order valence-corrected chi connectivity index (χ0v) is 9.96. The van der Waals surface area contributed by atoms with Crippen LogP contribution in [-0.2, 0) is 0 Å².